The van der Waals surface area contributed by atoms with E-state index in [4.69, 9.17) is 0 Å². The Hall–Kier alpha value is -2.49. The fourth-order valence-electron chi connectivity index (χ4n) is 1.89. The highest BCUT2D eigenvalue weighted by atomic mass is 16.6. The van der Waals surface area contributed by atoms with Crippen molar-refractivity contribution in [2.45, 2.75) is 6.92 Å². The van der Waals surface area contributed by atoms with Gasteiger partial charge < -0.3 is 0 Å². The Kier molecular flexibility index (Phi) is 3.19. The van der Waals surface area contributed by atoms with Crippen LogP contribution in [0.2, 0.25) is 0 Å². The Labute approximate surface area is 104 Å². The van der Waals surface area contributed by atoms with Gasteiger partial charge in [0.05, 0.1) is 10.5 Å². The van der Waals surface area contributed by atoms with Gasteiger partial charge in [0.2, 0.25) is 0 Å². The molecule has 0 spiro atoms. The number of ketones is 1. The number of Topliss-reactive ketones (excluding diaryl/α,β-unsaturated/α-hetero) is 1. The predicted molar refractivity (Wildman–Crippen MR) is 68.5 cm³/mol. The second kappa shape index (κ2) is 4.79. The lowest BCUT2D eigenvalue weighted by atomic mass is 9.96. The molecule has 0 saturated heterocycles. The standard InChI is InChI=1S/C14H11NO3/c1-10(16)11-6-2-3-7-12(11)13-8-4-5-9-14(13)15(17)18/h2-9H,1H3. The van der Waals surface area contributed by atoms with Gasteiger partial charge in [-0.1, -0.05) is 36.4 Å². The van der Waals surface area contributed by atoms with Gasteiger partial charge in [0.1, 0.15) is 0 Å². The Bertz CT molecular complexity index is 564. The number of para-hydroxylation sites is 1. The van der Waals surface area contributed by atoms with Crippen molar-refractivity contribution in [3.63, 3.8) is 0 Å². The van der Waals surface area contributed by atoms with E-state index in [-0.39, 0.29) is 11.5 Å². The second-order valence-corrected chi connectivity index (χ2v) is 3.88. The van der Waals surface area contributed by atoms with Gasteiger partial charge in [0, 0.05) is 11.6 Å². The van der Waals surface area contributed by atoms with Crippen LogP contribution in [0.4, 0.5) is 5.69 Å². The number of hydrogen-bond acceptors (Lipinski definition) is 3. The molecule has 0 amide bonds. The number of carbonyl (C=O) groups is 1. The second-order valence-electron chi connectivity index (χ2n) is 3.88. The fraction of sp³-hybridized carbons (Fsp3) is 0.0714. The third-order valence-electron chi connectivity index (χ3n) is 2.70. The van der Waals surface area contributed by atoms with E-state index in [1.165, 1.54) is 13.0 Å². The molecule has 90 valence electrons. The quantitative estimate of drug-likeness (QED) is 0.469. The molecule has 0 atom stereocenters. The number of carbonyl (C=O) groups excluding carboxylic acids is 1. The molecule has 0 N–H and O–H groups in total. The average Bonchev–Trinajstić information content (AvgIpc) is 2.38. The molecule has 0 saturated carbocycles. The number of benzene rings is 2. The van der Waals surface area contributed by atoms with E-state index in [2.05, 4.69) is 0 Å². The van der Waals surface area contributed by atoms with Crippen molar-refractivity contribution in [2.75, 3.05) is 0 Å². The van der Waals surface area contributed by atoms with Crippen LogP contribution in [0.3, 0.4) is 0 Å². The van der Waals surface area contributed by atoms with E-state index in [0.717, 1.165) is 0 Å². The van der Waals surface area contributed by atoms with E-state index in [1.54, 1.807) is 42.5 Å². The summed E-state index contributed by atoms with van der Waals surface area (Å²) in [4.78, 5) is 22.1. The molecule has 0 unspecified atom stereocenters. The molecule has 18 heavy (non-hydrogen) atoms. The lowest BCUT2D eigenvalue weighted by Gasteiger charge is -2.07. The van der Waals surface area contributed by atoms with Crippen LogP contribution in [0.1, 0.15) is 17.3 Å². The molecule has 0 radical (unpaired) electrons. The average molecular weight is 241 g/mol. The van der Waals surface area contributed by atoms with E-state index < -0.39 is 4.92 Å². The van der Waals surface area contributed by atoms with Crippen LogP contribution in [0.25, 0.3) is 11.1 Å². The van der Waals surface area contributed by atoms with Crippen molar-refractivity contribution in [2.24, 2.45) is 0 Å². The van der Waals surface area contributed by atoms with Crippen LogP contribution in [0, 0.1) is 10.1 Å². The first-order valence-corrected chi connectivity index (χ1v) is 5.45. The maximum atomic E-state index is 11.6. The molecular formula is C14H11NO3. The summed E-state index contributed by atoms with van der Waals surface area (Å²) in [7, 11) is 0. The first kappa shape index (κ1) is 12.0. The summed E-state index contributed by atoms with van der Waals surface area (Å²) < 4.78 is 0. The zero-order valence-electron chi connectivity index (χ0n) is 9.79. The molecule has 0 aliphatic heterocycles. The number of hydrogen-bond donors (Lipinski definition) is 0. The normalized spacial score (nSPS) is 10.1. The highest BCUT2D eigenvalue weighted by Gasteiger charge is 2.17. The Morgan fingerprint density at radius 1 is 1.00 bits per heavy atom. The number of nitro benzene ring substituents is 1. The highest BCUT2D eigenvalue weighted by Crippen LogP contribution is 2.31. The molecule has 0 aliphatic rings. The molecule has 0 heterocycles. The van der Waals surface area contributed by atoms with Gasteiger partial charge in [0.15, 0.2) is 5.78 Å². The van der Waals surface area contributed by atoms with E-state index >= 15 is 0 Å². The van der Waals surface area contributed by atoms with E-state index in [9.17, 15) is 14.9 Å². The van der Waals surface area contributed by atoms with Gasteiger partial charge in [-0.2, -0.15) is 0 Å². The maximum Gasteiger partial charge on any atom is 0.277 e. The molecule has 0 bridgehead atoms. The van der Waals surface area contributed by atoms with Crippen LogP contribution in [-0.2, 0) is 0 Å². The summed E-state index contributed by atoms with van der Waals surface area (Å²) in [6, 6.07) is 13.3. The van der Waals surface area contributed by atoms with Gasteiger partial charge >= 0.3 is 0 Å². The summed E-state index contributed by atoms with van der Waals surface area (Å²) in [6.45, 7) is 1.45. The predicted octanol–water partition coefficient (Wildman–Crippen LogP) is 3.46. The number of nitro groups is 1. The Morgan fingerprint density at radius 3 is 2.17 bits per heavy atom. The minimum atomic E-state index is -0.438. The van der Waals surface area contributed by atoms with Crippen molar-refractivity contribution < 1.29 is 9.72 Å². The van der Waals surface area contributed by atoms with Gasteiger partial charge in [-0.3, -0.25) is 14.9 Å². The largest absolute Gasteiger partial charge is 0.294 e. The van der Waals surface area contributed by atoms with Crippen molar-refractivity contribution >= 4 is 11.5 Å². The monoisotopic (exact) mass is 241 g/mol. The zero-order valence-corrected chi connectivity index (χ0v) is 9.79. The van der Waals surface area contributed by atoms with Crippen LogP contribution in [-0.4, -0.2) is 10.7 Å². The fourth-order valence-corrected chi connectivity index (χ4v) is 1.89. The molecular weight excluding hydrogens is 230 g/mol. The maximum absolute atomic E-state index is 11.6. The molecule has 2 aromatic carbocycles. The molecule has 0 fully saturated rings. The van der Waals surface area contributed by atoms with Crippen molar-refractivity contribution in [1.82, 2.24) is 0 Å². The van der Waals surface area contributed by atoms with Gasteiger partial charge in [-0.15, -0.1) is 0 Å². The third-order valence-corrected chi connectivity index (χ3v) is 2.70. The summed E-state index contributed by atoms with van der Waals surface area (Å²) in [5, 5.41) is 11.0. The SMILES string of the molecule is CC(=O)c1ccccc1-c1ccccc1[N+](=O)[O-]. The van der Waals surface area contributed by atoms with Crippen molar-refractivity contribution in [3.8, 4) is 11.1 Å². The van der Waals surface area contributed by atoms with E-state index in [0.29, 0.717) is 16.7 Å². The summed E-state index contributed by atoms with van der Waals surface area (Å²) >= 11 is 0. The molecule has 0 aromatic heterocycles. The first-order chi connectivity index (χ1) is 8.61. The van der Waals surface area contributed by atoms with Gasteiger partial charge in [0.25, 0.3) is 5.69 Å². The third kappa shape index (κ3) is 2.13. The minimum Gasteiger partial charge on any atom is -0.294 e. The highest BCUT2D eigenvalue weighted by molar-refractivity contribution is 6.01. The van der Waals surface area contributed by atoms with Gasteiger partial charge in [-0.05, 0) is 18.6 Å². The van der Waals surface area contributed by atoms with Crippen molar-refractivity contribution in [1.29, 1.82) is 0 Å². The smallest absolute Gasteiger partial charge is 0.277 e. The summed E-state index contributed by atoms with van der Waals surface area (Å²) in [6.07, 6.45) is 0. The van der Waals surface area contributed by atoms with Crippen LogP contribution in [0.15, 0.2) is 48.5 Å². The van der Waals surface area contributed by atoms with E-state index in [1.807, 2.05) is 0 Å². The molecule has 2 aromatic rings. The summed E-state index contributed by atoms with van der Waals surface area (Å²) in [5.41, 5.74) is 1.56. The van der Waals surface area contributed by atoms with Crippen LogP contribution in [0.5, 0.6) is 0 Å². The molecule has 0 aliphatic carbocycles. The Balaban J connectivity index is 2.70. The van der Waals surface area contributed by atoms with Gasteiger partial charge in [-0.25, -0.2) is 0 Å². The first-order valence-electron chi connectivity index (χ1n) is 5.45. The van der Waals surface area contributed by atoms with Crippen LogP contribution >= 0.6 is 0 Å². The molecule has 2 rings (SSSR count). The Morgan fingerprint density at radius 2 is 1.56 bits per heavy atom. The lowest BCUT2D eigenvalue weighted by Crippen LogP contribution is -1.98. The topological polar surface area (TPSA) is 60.2 Å². The van der Waals surface area contributed by atoms with Crippen molar-refractivity contribution in [3.05, 3.63) is 64.2 Å². The zero-order chi connectivity index (χ0) is 13.1. The summed E-state index contributed by atoms with van der Waals surface area (Å²) in [5.74, 6) is -0.108. The molecule has 4 heteroatoms. The number of rotatable bonds is 3. The molecule has 4 nitrogen and oxygen atoms in total. The number of nitrogens with zero attached hydrogens (tertiary/aromatic N) is 1. The lowest BCUT2D eigenvalue weighted by molar-refractivity contribution is -0.384. The van der Waals surface area contributed by atoms with Crippen LogP contribution < -0.4 is 0 Å². The minimum absolute atomic E-state index is 0.00574.